The minimum absolute atomic E-state index is 0.0544. The molecule has 0 aliphatic carbocycles. The topological polar surface area (TPSA) is 143 Å². The van der Waals surface area contributed by atoms with Crippen LogP contribution in [0.1, 0.15) is 125 Å². The average Bonchev–Trinajstić information content (AvgIpc) is 3.20. The molecule has 2 aliphatic heterocycles. The van der Waals surface area contributed by atoms with Crippen molar-refractivity contribution in [2.24, 2.45) is 0 Å². The molecule has 60 heavy (non-hydrogen) atoms. The van der Waals surface area contributed by atoms with Crippen LogP contribution in [0, 0.1) is 0 Å². The minimum Gasteiger partial charge on any atom is -0.444 e. The molecular formula is C44H75BrN8O6Sn. The summed E-state index contributed by atoms with van der Waals surface area (Å²) < 4.78 is 23.1. The number of hydrogen-bond acceptors (Lipinski definition) is 12. The minimum atomic E-state index is -2.24. The second-order valence-electron chi connectivity index (χ2n) is 17.4. The first-order valence-electron chi connectivity index (χ1n) is 21.9. The standard InChI is InChI=1S/C15H22N4O3.C13H19BrN4O2.C4H7O.3C4H9.Sn/c1-11(20)12-9-16-13(17-10-12)18-5-7-19(8-6-18)14(21)22-15(2,3)4;1-13(2,3)20-12(19)18-6-4-17(5-7-18)11-15-8-10(14)9-16-11;1-3-5-4-2;3*1-3-4-2;/h9-10H,5-8H2,1-4H3;8-9H,4-7H2,1-3H3;1,4H2,2H3;3*1,3-4H2,2H3;. The molecule has 14 nitrogen and oxygen atoms in total. The number of rotatable bonds is 15. The number of piperazine rings is 2. The van der Waals surface area contributed by atoms with Gasteiger partial charge in [0.2, 0.25) is 11.9 Å². The number of amides is 2. The van der Waals surface area contributed by atoms with E-state index in [4.69, 9.17) is 14.2 Å². The van der Waals surface area contributed by atoms with E-state index in [0.717, 1.165) is 11.1 Å². The van der Waals surface area contributed by atoms with Crippen LogP contribution in [-0.2, 0) is 14.2 Å². The van der Waals surface area contributed by atoms with Gasteiger partial charge in [0.1, 0.15) is 11.2 Å². The van der Waals surface area contributed by atoms with Crippen LogP contribution in [0.4, 0.5) is 21.5 Å². The number of carbonyl (C=O) groups is 3. The maximum Gasteiger partial charge on any atom is 0.410 e. The van der Waals surface area contributed by atoms with Crippen molar-refractivity contribution in [1.82, 2.24) is 29.7 Å². The molecule has 2 aliphatic rings. The largest absolute Gasteiger partial charge is 0.444 e. The maximum absolute atomic E-state index is 12.0. The number of Topliss-reactive ketones (excluding diaryl/α,β-unsaturated/α-hetero) is 1. The van der Waals surface area contributed by atoms with Gasteiger partial charge in [0.25, 0.3) is 0 Å². The van der Waals surface area contributed by atoms with E-state index in [1.54, 1.807) is 22.2 Å². The third-order valence-electron chi connectivity index (χ3n) is 10.0. The fourth-order valence-corrected chi connectivity index (χ4v) is 21.5. The van der Waals surface area contributed by atoms with Crippen molar-refractivity contribution in [2.75, 3.05) is 68.8 Å². The van der Waals surface area contributed by atoms with E-state index in [0.29, 0.717) is 69.8 Å². The Morgan fingerprint density at radius 3 is 1.30 bits per heavy atom. The third kappa shape index (κ3) is 19.2. The molecule has 0 unspecified atom stereocenters. The Labute approximate surface area is 373 Å². The van der Waals surface area contributed by atoms with Crippen LogP contribution in [0.2, 0.25) is 13.3 Å². The van der Waals surface area contributed by atoms with Crippen molar-refractivity contribution < 1.29 is 28.6 Å². The van der Waals surface area contributed by atoms with Crippen LogP contribution in [-0.4, -0.2) is 136 Å². The molecule has 2 aromatic rings. The van der Waals surface area contributed by atoms with E-state index in [1.807, 2.05) is 46.4 Å². The van der Waals surface area contributed by atoms with Gasteiger partial charge < -0.3 is 29.1 Å². The van der Waals surface area contributed by atoms with E-state index in [-0.39, 0.29) is 18.0 Å². The van der Waals surface area contributed by atoms with Crippen LogP contribution in [0.5, 0.6) is 0 Å². The summed E-state index contributed by atoms with van der Waals surface area (Å²) in [4.78, 5) is 59.6. The molecule has 16 heteroatoms. The molecular weight excluding hydrogens is 935 g/mol. The summed E-state index contributed by atoms with van der Waals surface area (Å²) in [6.45, 7) is 31.9. The summed E-state index contributed by atoms with van der Waals surface area (Å²) in [6, 6.07) is 0. The van der Waals surface area contributed by atoms with Crippen molar-refractivity contribution in [3.8, 4) is 0 Å². The van der Waals surface area contributed by atoms with Crippen LogP contribution in [0.25, 0.3) is 0 Å². The normalized spacial score (nSPS) is 14.6. The van der Waals surface area contributed by atoms with Crippen LogP contribution < -0.4 is 9.80 Å². The molecule has 0 aromatic carbocycles. The van der Waals surface area contributed by atoms with Crippen molar-refractivity contribution in [3.63, 3.8) is 0 Å². The zero-order chi connectivity index (χ0) is 44.9. The molecule has 0 saturated carbocycles. The molecule has 0 bridgehead atoms. The number of anilines is 2. The van der Waals surface area contributed by atoms with E-state index in [9.17, 15) is 14.4 Å². The zero-order valence-corrected chi connectivity index (χ0v) is 43.1. The Morgan fingerprint density at radius 1 is 0.650 bits per heavy atom. The Bertz CT molecular complexity index is 1570. The average molecular weight is 1010 g/mol. The number of ketones is 1. The van der Waals surface area contributed by atoms with Crippen molar-refractivity contribution in [1.29, 1.82) is 0 Å². The second-order valence-corrected chi connectivity index (χ2v) is 31.5. The van der Waals surface area contributed by atoms with Gasteiger partial charge in [0.05, 0.1) is 10.0 Å². The number of halogens is 1. The maximum atomic E-state index is 12.0. The molecule has 4 heterocycles. The van der Waals surface area contributed by atoms with Crippen LogP contribution in [0.3, 0.4) is 0 Å². The van der Waals surface area contributed by atoms with Crippen molar-refractivity contribution in [2.45, 2.75) is 139 Å². The summed E-state index contributed by atoms with van der Waals surface area (Å²) in [6.07, 6.45) is 14.1. The zero-order valence-electron chi connectivity index (χ0n) is 38.6. The molecule has 0 N–H and O–H groups in total. The van der Waals surface area contributed by atoms with Gasteiger partial charge in [-0.05, 0) is 64.4 Å². The number of nitrogens with zero attached hydrogens (tertiary/aromatic N) is 8. The molecule has 338 valence electrons. The van der Waals surface area contributed by atoms with Gasteiger partial charge in [-0.15, -0.1) is 0 Å². The van der Waals surface area contributed by atoms with Crippen molar-refractivity contribution in [3.05, 3.63) is 45.2 Å². The first-order valence-corrected chi connectivity index (χ1v) is 30.1. The summed E-state index contributed by atoms with van der Waals surface area (Å²) >= 11 is 1.07. The number of unbranched alkanes of at least 4 members (excludes halogenated alkanes) is 3. The molecule has 0 radical (unpaired) electrons. The van der Waals surface area contributed by atoms with Crippen LogP contribution in [0.15, 0.2) is 39.6 Å². The van der Waals surface area contributed by atoms with Gasteiger partial charge >= 0.3 is 132 Å². The van der Waals surface area contributed by atoms with Gasteiger partial charge in [-0.1, -0.05) is 0 Å². The Kier molecular flexibility index (Phi) is 23.2. The van der Waals surface area contributed by atoms with Gasteiger partial charge in [-0.25, -0.2) is 29.5 Å². The fourth-order valence-electron chi connectivity index (χ4n) is 6.63. The van der Waals surface area contributed by atoms with Gasteiger partial charge in [0, 0.05) is 77.1 Å². The second kappa shape index (κ2) is 26.3. The van der Waals surface area contributed by atoms with Gasteiger partial charge in [-0.3, -0.25) is 4.79 Å². The summed E-state index contributed by atoms with van der Waals surface area (Å²) in [5, 5.41) is 0. The summed E-state index contributed by atoms with van der Waals surface area (Å²) in [5.74, 6) is 1.21. The molecule has 2 fully saturated rings. The third-order valence-corrected chi connectivity index (χ3v) is 25.4. The number of hydrogen-bond donors (Lipinski definition) is 0. The van der Waals surface area contributed by atoms with E-state index < -0.39 is 29.6 Å². The number of carbonyl (C=O) groups excluding carboxylic acids is 3. The van der Waals surface area contributed by atoms with Crippen molar-refractivity contribution >= 4 is 64.2 Å². The first kappa shape index (κ1) is 52.9. The molecule has 2 saturated heterocycles. The van der Waals surface area contributed by atoms with Gasteiger partial charge in [0.15, 0.2) is 5.78 Å². The van der Waals surface area contributed by atoms with Crippen LogP contribution >= 0.6 is 15.9 Å². The number of aromatic nitrogens is 4. The fraction of sp³-hybridized carbons (Fsp3) is 0.705. The molecule has 0 spiro atoms. The monoisotopic (exact) mass is 1010 g/mol. The van der Waals surface area contributed by atoms with Gasteiger partial charge in [-0.2, -0.15) is 0 Å². The predicted molar refractivity (Wildman–Crippen MR) is 247 cm³/mol. The Morgan fingerprint density at radius 2 is 1.00 bits per heavy atom. The van der Waals surface area contributed by atoms with E-state index >= 15 is 0 Å². The summed E-state index contributed by atoms with van der Waals surface area (Å²) in [7, 11) is 0. The molecule has 4 rings (SSSR count). The predicted octanol–water partition coefficient (Wildman–Crippen LogP) is 9.96. The SMILES string of the molecule is C=[C](OCC)[Sn]([CH2]CCC)([CH2]CCC)[CH2]CCC.CC(=O)c1cnc(N2CCN(C(=O)OC(C)(C)C)CC2)nc1.CC(C)(C)OC(=O)N1CCN(c2ncc(Br)cn2)CC1. The van der Waals surface area contributed by atoms with E-state index in [2.05, 4.69) is 75.0 Å². The molecule has 2 aromatic heterocycles. The Hall–Kier alpha value is -3.21. The number of ether oxygens (including phenoxy) is 3. The summed E-state index contributed by atoms with van der Waals surface area (Å²) in [5.41, 5.74) is -0.445. The van der Waals surface area contributed by atoms with E-state index in [1.165, 1.54) is 74.9 Å². The smallest absolute Gasteiger partial charge is 0.410 e. The quantitative estimate of drug-likeness (QED) is 0.0952. The first-order chi connectivity index (χ1) is 28.3. The molecule has 0 atom stereocenters. The Balaban J connectivity index is 0.000000312. The molecule has 2 amide bonds.